The van der Waals surface area contributed by atoms with Gasteiger partial charge in [-0.05, 0) is 18.8 Å². The number of anilines is 1. The molecule has 0 aromatic carbocycles. The van der Waals surface area contributed by atoms with Crippen molar-refractivity contribution in [3.05, 3.63) is 27.9 Å². The predicted molar refractivity (Wildman–Crippen MR) is 65.5 cm³/mol. The highest BCUT2D eigenvalue weighted by Crippen LogP contribution is 2.28. The van der Waals surface area contributed by atoms with E-state index in [0.717, 1.165) is 19.0 Å². The molecular formula is C11H14N4O3. The first-order valence-electron chi connectivity index (χ1n) is 5.72. The molecule has 2 N–H and O–H groups in total. The second-order valence-electron chi connectivity index (χ2n) is 4.25. The van der Waals surface area contributed by atoms with Gasteiger partial charge in [0.2, 0.25) is 0 Å². The van der Waals surface area contributed by atoms with E-state index in [0.29, 0.717) is 18.3 Å². The molecule has 0 aliphatic heterocycles. The largest absolute Gasteiger partial charge is 0.373 e. The van der Waals surface area contributed by atoms with Gasteiger partial charge in [-0.1, -0.05) is 0 Å². The molecule has 0 unspecified atom stereocenters. The molecule has 1 aliphatic carbocycles. The fourth-order valence-electron chi connectivity index (χ4n) is 1.57. The third-order valence-corrected chi connectivity index (χ3v) is 2.83. The summed E-state index contributed by atoms with van der Waals surface area (Å²) in [5, 5.41) is 16.3. The molecular weight excluding hydrogens is 236 g/mol. The van der Waals surface area contributed by atoms with E-state index in [9.17, 15) is 14.9 Å². The van der Waals surface area contributed by atoms with Crippen LogP contribution in [-0.2, 0) is 0 Å². The molecule has 1 amide bonds. The highest BCUT2D eigenvalue weighted by molar-refractivity contribution is 5.98. The summed E-state index contributed by atoms with van der Waals surface area (Å²) < 4.78 is 0. The Balaban J connectivity index is 2.20. The van der Waals surface area contributed by atoms with Crippen molar-refractivity contribution in [3.8, 4) is 0 Å². The summed E-state index contributed by atoms with van der Waals surface area (Å²) in [6.45, 7) is 0.577. The molecule has 2 rings (SSSR count). The summed E-state index contributed by atoms with van der Waals surface area (Å²) in [6.07, 6.45) is 3.32. The third-order valence-electron chi connectivity index (χ3n) is 2.83. The van der Waals surface area contributed by atoms with E-state index in [1.54, 1.807) is 7.05 Å². The number of hydrogen-bond donors (Lipinski definition) is 2. The minimum atomic E-state index is -0.599. The van der Waals surface area contributed by atoms with Crippen LogP contribution in [0.2, 0.25) is 0 Å². The van der Waals surface area contributed by atoms with Gasteiger partial charge in [0.1, 0.15) is 17.6 Å². The Morgan fingerprint density at radius 1 is 1.61 bits per heavy atom. The van der Waals surface area contributed by atoms with E-state index in [1.165, 1.54) is 6.07 Å². The van der Waals surface area contributed by atoms with Crippen molar-refractivity contribution in [2.24, 2.45) is 5.92 Å². The molecule has 0 bridgehead atoms. The Morgan fingerprint density at radius 2 is 2.33 bits per heavy atom. The van der Waals surface area contributed by atoms with E-state index in [1.807, 2.05) is 0 Å². The first kappa shape index (κ1) is 12.3. The second kappa shape index (κ2) is 4.99. The second-order valence-corrected chi connectivity index (χ2v) is 4.25. The van der Waals surface area contributed by atoms with Crippen LogP contribution in [0.15, 0.2) is 12.3 Å². The van der Waals surface area contributed by atoms with E-state index >= 15 is 0 Å². The summed E-state index contributed by atoms with van der Waals surface area (Å²) in [4.78, 5) is 26.0. The van der Waals surface area contributed by atoms with Gasteiger partial charge in [0.25, 0.3) is 11.6 Å². The highest BCUT2D eigenvalue weighted by Gasteiger charge is 2.25. The van der Waals surface area contributed by atoms with E-state index < -0.39 is 10.8 Å². The monoisotopic (exact) mass is 250 g/mol. The normalized spacial score (nSPS) is 14.1. The smallest absolute Gasteiger partial charge is 0.300 e. The zero-order valence-corrected chi connectivity index (χ0v) is 9.97. The maximum absolute atomic E-state index is 11.9. The fourth-order valence-corrected chi connectivity index (χ4v) is 1.57. The lowest BCUT2D eigenvalue weighted by Crippen LogP contribution is -2.26. The van der Waals surface area contributed by atoms with Gasteiger partial charge in [-0.25, -0.2) is 4.98 Å². The van der Waals surface area contributed by atoms with Crippen LogP contribution in [0, 0.1) is 16.0 Å². The molecule has 1 aliphatic rings. The van der Waals surface area contributed by atoms with Crippen LogP contribution < -0.4 is 10.6 Å². The van der Waals surface area contributed by atoms with Crippen LogP contribution in [0.1, 0.15) is 23.2 Å². The Hall–Kier alpha value is -2.18. The van der Waals surface area contributed by atoms with Crippen molar-refractivity contribution in [2.45, 2.75) is 12.8 Å². The van der Waals surface area contributed by atoms with Gasteiger partial charge in [-0.15, -0.1) is 0 Å². The summed E-state index contributed by atoms with van der Waals surface area (Å²) in [6, 6.07) is 1.39. The third kappa shape index (κ3) is 2.73. The summed E-state index contributed by atoms with van der Waals surface area (Å²) in [5.41, 5.74) is -0.234. The highest BCUT2D eigenvalue weighted by atomic mass is 16.6. The average molecular weight is 250 g/mol. The lowest BCUT2D eigenvalue weighted by Gasteiger charge is -2.06. The van der Waals surface area contributed by atoms with Crippen LogP contribution in [0.3, 0.4) is 0 Å². The fraction of sp³-hybridized carbons (Fsp3) is 0.455. The summed E-state index contributed by atoms with van der Waals surface area (Å²) in [5.74, 6) is 0.531. The van der Waals surface area contributed by atoms with Crippen molar-refractivity contribution in [2.75, 3.05) is 18.9 Å². The van der Waals surface area contributed by atoms with Crippen molar-refractivity contribution in [1.82, 2.24) is 10.3 Å². The first-order valence-corrected chi connectivity index (χ1v) is 5.72. The number of nitrogens with one attached hydrogen (secondary N) is 2. The van der Waals surface area contributed by atoms with Crippen molar-refractivity contribution in [1.29, 1.82) is 0 Å². The zero-order chi connectivity index (χ0) is 13.1. The van der Waals surface area contributed by atoms with E-state index in [2.05, 4.69) is 15.6 Å². The number of nitrogens with zero attached hydrogens (tertiary/aromatic N) is 2. The van der Waals surface area contributed by atoms with Crippen LogP contribution in [0.4, 0.5) is 11.5 Å². The SMILES string of the molecule is CNc1cc(C(=O)NCC2CC2)c([N+](=O)[O-])cn1. The lowest BCUT2D eigenvalue weighted by atomic mass is 10.2. The molecule has 7 nitrogen and oxygen atoms in total. The molecule has 96 valence electrons. The first-order chi connectivity index (χ1) is 8.61. The zero-order valence-electron chi connectivity index (χ0n) is 9.97. The van der Waals surface area contributed by atoms with Crippen molar-refractivity contribution < 1.29 is 9.72 Å². The molecule has 1 aromatic rings. The number of nitro groups is 1. The molecule has 0 saturated heterocycles. The molecule has 1 saturated carbocycles. The van der Waals surface area contributed by atoms with Gasteiger partial charge < -0.3 is 10.6 Å². The molecule has 1 fully saturated rings. The lowest BCUT2D eigenvalue weighted by molar-refractivity contribution is -0.385. The van der Waals surface area contributed by atoms with Crippen molar-refractivity contribution >= 4 is 17.4 Å². The van der Waals surface area contributed by atoms with Gasteiger partial charge in [0, 0.05) is 19.7 Å². The predicted octanol–water partition coefficient (Wildman–Crippen LogP) is 1.17. The van der Waals surface area contributed by atoms with Gasteiger partial charge in [0.05, 0.1) is 4.92 Å². The number of hydrogen-bond acceptors (Lipinski definition) is 5. The number of carbonyl (C=O) groups excluding carboxylic acids is 1. The van der Waals surface area contributed by atoms with Crippen LogP contribution in [0.25, 0.3) is 0 Å². The van der Waals surface area contributed by atoms with Gasteiger partial charge in [-0.3, -0.25) is 14.9 Å². The molecule has 0 radical (unpaired) electrons. The average Bonchev–Trinajstić information content (AvgIpc) is 3.19. The minimum absolute atomic E-state index is 0.0417. The van der Waals surface area contributed by atoms with Gasteiger partial charge in [0.15, 0.2) is 0 Å². The molecule has 0 spiro atoms. The van der Waals surface area contributed by atoms with Gasteiger partial charge >= 0.3 is 0 Å². The van der Waals surface area contributed by atoms with Gasteiger partial charge in [-0.2, -0.15) is 0 Å². The number of carbonyl (C=O) groups is 1. The molecule has 1 aromatic heterocycles. The summed E-state index contributed by atoms with van der Waals surface area (Å²) >= 11 is 0. The Bertz CT molecular complexity index is 485. The topological polar surface area (TPSA) is 97.2 Å². The Morgan fingerprint density at radius 3 is 2.89 bits per heavy atom. The maximum atomic E-state index is 11.9. The molecule has 18 heavy (non-hydrogen) atoms. The quantitative estimate of drug-likeness (QED) is 0.604. The van der Waals surface area contributed by atoms with Crippen LogP contribution >= 0.6 is 0 Å². The van der Waals surface area contributed by atoms with Crippen LogP contribution in [-0.4, -0.2) is 29.4 Å². The number of rotatable bonds is 5. The van der Waals surface area contributed by atoms with Crippen LogP contribution in [0.5, 0.6) is 0 Å². The van der Waals surface area contributed by atoms with E-state index in [-0.39, 0.29) is 11.3 Å². The molecule has 1 heterocycles. The number of amides is 1. The number of pyridine rings is 1. The van der Waals surface area contributed by atoms with Crippen molar-refractivity contribution in [3.63, 3.8) is 0 Å². The molecule has 7 heteroatoms. The maximum Gasteiger partial charge on any atom is 0.300 e. The Labute approximate surface area is 104 Å². The molecule has 0 atom stereocenters. The standard InChI is InChI=1S/C11H14N4O3/c1-12-10-4-8(9(6-13-10)15(17)18)11(16)14-5-7-2-3-7/h4,6-7H,2-3,5H2,1H3,(H,12,13)(H,14,16). The van der Waals surface area contributed by atoms with E-state index in [4.69, 9.17) is 0 Å². The minimum Gasteiger partial charge on any atom is -0.373 e. The Kier molecular flexibility index (Phi) is 3.40. The summed E-state index contributed by atoms with van der Waals surface area (Å²) in [7, 11) is 1.64. The number of aromatic nitrogens is 1.